The third-order valence-corrected chi connectivity index (χ3v) is 3.19. The van der Waals surface area contributed by atoms with Gasteiger partial charge in [-0.15, -0.1) is 0 Å². The highest BCUT2D eigenvalue weighted by Crippen LogP contribution is 2.15. The summed E-state index contributed by atoms with van der Waals surface area (Å²) < 4.78 is 0. The van der Waals surface area contributed by atoms with Gasteiger partial charge in [-0.3, -0.25) is 0 Å². The van der Waals surface area contributed by atoms with Gasteiger partial charge < -0.3 is 10.6 Å². The second-order valence-electron chi connectivity index (χ2n) is 4.75. The molecule has 94 valence electrons. The van der Waals surface area contributed by atoms with E-state index in [1.165, 1.54) is 16.8 Å². The van der Waals surface area contributed by atoms with Crippen molar-refractivity contribution in [2.75, 3.05) is 24.2 Å². The molecule has 2 rings (SSSR count). The van der Waals surface area contributed by atoms with Gasteiger partial charge in [-0.05, 0) is 43.2 Å². The highest BCUT2D eigenvalue weighted by atomic mass is 15.1. The smallest absolute Gasteiger partial charge is 0.0365 e. The molecule has 0 fully saturated rings. The largest absolute Gasteiger partial charge is 0.399 e. The van der Waals surface area contributed by atoms with Crippen molar-refractivity contribution < 1.29 is 0 Å². The Bertz CT molecular complexity index is 486. The Morgan fingerprint density at radius 1 is 0.944 bits per heavy atom. The quantitative estimate of drug-likeness (QED) is 0.831. The van der Waals surface area contributed by atoms with E-state index in [0.717, 1.165) is 18.7 Å². The van der Waals surface area contributed by atoms with E-state index in [1.807, 2.05) is 12.1 Å². The van der Waals surface area contributed by atoms with Gasteiger partial charge in [-0.25, -0.2) is 0 Å². The zero-order chi connectivity index (χ0) is 13.0. The maximum atomic E-state index is 5.69. The topological polar surface area (TPSA) is 29.3 Å². The van der Waals surface area contributed by atoms with Crippen molar-refractivity contribution in [3.63, 3.8) is 0 Å². The molecule has 2 aromatic rings. The summed E-state index contributed by atoms with van der Waals surface area (Å²) in [4.78, 5) is 2.25. The van der Waals surface area contributed by atoms with Gasteiger partial charge in [0.05, 0.1) is 0 Å². The number of hydrogen-bond acceptors (Lipinski definition) is 2. The minimum Gasteiger partial charge on any atom is -0.399 e. The van der Waals surface area contributed by atoms with E-state index in [9.17, 15) is 0 Å². The average Bonchev–Trinajstić information content (AvgIpc) is 2.38. The molecule has 0 spiro atoms. The summed E-state index contributed by atoms with van der Waals surface area (Å²) in [6, 6.07) is 16.7. The molecule has 0 atom stereocenters. The highest BCUT2D eigenvalue weighted by Gasteiger charge is 2.01. The van der Waals surface area contributed by atoms with Crippen molar-refractivity contribution >= 4 is 11.4 Å². The standard InChI is InChI=1S/C16H20N2/c1-13-3-5-14(6-4-13)11-12-18(2)16-9-7-15(17)8-10-16/h3-10H,11-12,17H2,1-2H3. The van der Waals surface area contributed by atoms with Gasteiger partial charge in [0.15, 0.2) is 0 Å². The molecule has 2 aromatic carbocycles. The van der Waals surface area contributed by atoms with Crippen LogP contribution in [0.1, 0.15) is 11.1 Å². The molecule has 2 N–H and O–H groups in total. The molecule has 0 heterocycles. The molecule has 2 heteroatoms. The Kier molecular flexibility index (Phi) is 3.88. The van der Waals surface area contributed by atoms with Crippen LogP contribution in [0.5, 0.6) is 0 Å². The van der Waals surface area contributed by atoms with E-state index >= 15 is 0 Å². The molecule has 18 heavy (non-hydrogen) atoms. The van der Waals surface area contributed by atoms with E-state index in [0.29, 0.717) is 0 Å². The number of nitrogens with two attached hydrogens (primary N) is 1. The molecular weight excluding hydrogens is 220 g/mol. The maximum Gasteiger partial charge on any atom is 0.0365 e. The first-order valence-electron chi connectivity index (χ1n) is 6.27. The molecular formula is C16H20N2. The van der Waals surface area contributed by atoms with Crippen molar-refractivity contribution in [2.45, 2.75) is 13.3 Å². The number of benzene rings is 2. The molecule has 2 nitrogen and oxygen atoms in total. The van der Waals surface area contributed by atoms with E-state index < -0.39 is 0 Å². The lowest BCUT2D eigenvalue weighted by Crippen LogP contribution is -2.20. The summed E-state index contributed by atoms with van der Waals surface area (Å²) in [5, 5.41) is 0. The Balaban J connectivity index is 1.93. The molecule has 0 amide bonds. The maximum absolute atomic E-state index is 5.69. The number of nitrogens with zero attached hydrogens (tertiary/aromatic N) is 1. The van der Waals surface area contributed by atoms with Crippen LogP contribution in [0.3, 0.4) is 0 Å². The first-order chi connectivity index (χ1) is 8.65. The van der Waals surface area contributed by atoms with Crippen molar-refractivity contribution in [1.29, 1.82) is 0 Å². The number of aryl methyl sites for hydroxylation is 1. The van der Waals surface area contributed by atoms with E-state index in [1.54, 1.807) is 0 Å². The van der Waals surface area contributed by atoms with Gasteiger partial charge in [-0.2, -0.15) is 0 Å². The van der Waals surface area contributed by atoms with Crippen molar-refractivity contribution in [3.8, 4) is 0 Å². The molecule has 0 bridgehead atoms. The van der Waals surface area contributed by atoms with Crippen LogP contribution in [0.15, 0.2) is 48.5 Å². The first-order valence-corrected chi connectivity index (χ1v) is 6.27. The van der Waals surface area contributed by atoms with Crippen LogP contribution in [0.25, 0.3) is 0 Å². The lowest BCUT2D eigenvalue weighted by molar-refractivity contribution is 0.876. The van der Waals surface area contributed by atoms with Crippen LogP contribution < -0.4 is 10.6 Å². The fraction of sp³-hybridized carbons (Fsp3) is 0.250. The Labute approximate surface area is 109 Å². The summed E-state index contributed by atoms with van der Waals surface area (Å²) in [6.07, 6.45) is 1.06. The molecule has 0 aliphatic rings. The highest BCUT2D eigenvalue weighted by molar-refractivity contribution is 5.52. The van der Waals surface area contributed by atoms with Crippen LogP contribution >= 0.6 is 0 Å². The summed E-state index contributed by atoms with van der Waals surface area (Å²) >= 11 is 0. The third-order valence-electron chi connectivity index (χ3n) is 3.19. The second kappa shape index (κ2) is 5.58. The van der Waals surface area contributed by atoms with Gasteiger partial charge in [0.1, 0.15) is 0 Å². The van der Waals surface area contributed by atoms with Crippen LogP contribution in [-0.2, 0) is 6.42 Å². The predicted molar refractivity (Wildman–Crippen MR) is 79.0 cm³/mol. The summed E-state index contributed by atoms with van der Waals surface area (Å²) in [5.41, 5.74) is 10.4. The molecule has 0 aromatic heterocycles. The zero-order valence-electron chi connectivity index (χ0n) is 11.1. The minimum atomic E-state index is 0.811. The summed E-state index contributed by atoms with van der Waals surface area (Å²) in [7, 11) is 2.11. The van der Waals surface area contributed by atoms with E-state index in [4.69, 9.17) is 5.73 Å². The molecule has 0 radical (unpaired) electrons. The third kappa shape index (κ3) is 3.27. The second-order valence-corrected chi connectivity index (χ2v) is 4.75. The van der Waals surface area contributed by atoms with E-state index in [2.05, 4.69) is 55.3 Å². The normalized spacial score (nSPS) is 10.3. The van der Waals surface area contributed by atoms with Crippen molar-refractivity contribution in [3.05, 3.63) is 59.7 Å². The van der Waals surface area contributed by atoms with Gasteiger partial charge in [0.2, 0.25) is 0 Å². The van der Waals surface area contributed by atoms with Crippen LogP contribution in [0, 0.1) is 6.92 Å². The Morgan fingerprint density at radius 2 is 1.56 bits per heavy atom. The monoisotopic (exact) mass is 240 g/mol. The number of nitrogen functional groups attached to an aromatic ring is 1. The van der Waals surface area contributed by atoms with Gasteiger partial charge in [0.25, 0.3) is 0 Å². The predicted octanol–water partition coefficient (Wildman–Crippen LogP) is 3.26. The first kappa shape index (κ1) is 12.5. The SMILES string of the molecule is Cc1ccc(CCN(C)c2ccc(N)cc2)cc1. The number of likely N-dealkylation sites (N-methyl/N-ethyl adjacent to an activating group) is 1. The van der Waals surface area contributed by atoms with E-state index in [-0.39, 0.29) is 0 Å². The zero-order valence-corrected chi connectivity index (χ0v) is 11.1. The van der Waals surface area contributed by atoms with Gasteiger partial charge in [0, 0.05) is 25.0 Å². The summed E-state index contributed by atoms with van der Waals surface area (Å²) in [5.74, 6) is 0. The number of hydrogen-bond donors (Lipinski definition) is 1. The molecule has 0 aliphatic carbocycles. The van der Waals surface area contributed by atoms with Gasteiger partial charge in [-0.1, -0.05) is 29.8 Å². The molecule has 0 unspecified atom stereocenters. The summed E-state index contributed by atoms with van der Waals surface area (Å²) in [6.45, 7) is 3.12. The van der Waals surface area contributed by atoms with Crippen LogP contribution in [0.4, 0.5) is 11.4 Å². The molecule has 0 aliphatic heterocycles. The van der Waals surface area contributed by atoms with Crippen LogP contribution in [-0.4, -0.2) is 13.6 Å². The Morgan fingerprint density at radius 3 is 2.17 bits per heavy atom. The number of rotatable bonds is 4. The minimum absolute atomic E-state index is 0.811. The molecule has 0 saturated heterocycles. The number of anilines is 2. The Hall–Kier alpha value is -1.96. The van der Waals surface area contributed by atoms with Crippen molar-refractivity contribution in [1.82, 2.24) is 0 Å². The van der Waals surface area contributed by atoms with Crippen molar-refractivity contribution in [2.24, 2.45) is 0 Å². The average molecular weight is 240 g/mol. The molecule has 0 saturated carbocycles. The fourth-order valence-corrected chi connectivity index (χ4v) is 1.91. The van der Waals surface area contributed by atoms with Gasteiger partial charge >= 0.3 is 0 Å². The lowest BCUT2D eigenvalue weighted by atomic mass is 10.1. The fourth-order valence-electron chi connectivity index (χ4n) is 1.91. The van der Waals surface area contributed by atoms with Crippen LogP contribution in [0.2, 0.25) is 0 Å². The lowest BCUT2D eigenvalue weighted by Gasteiger charge is -2.19.